The Morgan fingerprint density at radius 1 is 1.21 bits per heavy atom. The van der Waals surface area contributed by atoms with Crippen molar-refractivity contribution in [3.8, 4) is 0 Å². The molecule has 0 atom stereocenters. The van der Waals surface area contributed by atoms with E-state index in [0.29, 0.717) is 32.0 Å². The van der Waals surface area contributed by atoms with E-state index in [9.17, 15) is 18.0 Å². The number of H-pyrrole nitrogens is 1. The molecule has 1 aliphatic heterocycles. The van der Waals surface area contributed by atoms with Gasteiger partial charge in [-0.2, -0.15) is 13.2 Å². The van der Waals surface area contributed by atoms with Gasteiger partial charge in [-0.1, -0.05) is 11.6 Å². The van der Waals surface area contributed by atoms with Gasteiger partial charge in [0.15, 0.2) is 6.54 Å². The van der Waals surface area contributed by atoms with Gasteiger partial charge in [0.05, 0.1) is 5.56 Å². The minimum absolute atomic E-state index is 0.0703. The Bertz CT molecular complexity index is 680. The van der Waals surface area contributed by atoms with Crippen molar-refractivity contribution >= 4 is 11.7 Å². The third kappa shape index (κ3) is 5.95. The van der Waals surface area contributed by atoms with Gasteiger partial charge in [0, 0.05) is 12.6 Å². The molecule has 1 saturated heterocycles. The largest absolute Gasteiger partial charge is 0.419 e. The molecule has 2 aliphatic rings. The van der Waals surface area contributed by atoms with E-state index in [1.807, 2.05) is 4.90 Å². The van der Waals surface area contributed by atoms with Crippen molar-refractivity contribution in [2.24, 2.45) is 0 Å². The summed E-state index contributed by atoms with van der Waals surface area (Å²) in [5, 5.41) is 3.01. The Kier molecular flexibility index (Phi) is 6.93. The number of piperazine rings is 1. The topological polar surface area (TPSA) is 50.9 Å². The lowest BCUT2D eigenvalue weighted by Gasteiger charge is -2.28. The smallest absolute Gasteiger partial charge is 0.351 e. The van der Waals surface area contributed by atoms with Crippen molar-refractivity contribution in [2.45, 2.75) is 38.3 Å². The van der Waals surface area contributed by atoms with Crippen molar-refractivity contribution in [2.75, 3.05) is 44.2 Å². The molecule has 1 amide bonds. The zero-order chi connectivity index (χ0) is 20.0. The number of alkyl halides is 3. The number of pyridine rings is 1. The van der Waals surface area contributed by atoms with E-state index in [4.69, 9.17) is 0 Å². The maximum absolute atomic E-state index is 12.7. The van der Waals surface area contributed by atoms with Crippen LogP contribution in [0.4, 0.5) is 19.0 Å². The van der Waals surface area contributed by atoms with E-state index in [-0.39, 0.29) is 5.91 Å². The number of hydrogen-bond donors (Lipinski definition) is 2. The number of nitrogens with zero attached hydrogens (tertiary/aromatic N) is 1. The van der Waals surface area contributed by atoms with Crippen LogP contribution in [-0.2, 0) is 11.0 Å². The maximum Gasteiger partial charge on any atom is 0.419 e. The molecule has 0 radical (unpaired) electrons. The zero-order valence-electron chi connectivity index (χ0n) is 16.1. The van der Waals surface area contributed by atoms with Crippen molar-refractivity contribution in [1.29, 1.82) is 0 Å². The molecule has 0 unspecified atom stereocenters. The van der Waals surface area contributed by atoms with Crippen molar-refractivity contribution in [3.63, 3.8) is 0 Å². The maximum atomic E-state index is 12.7. The van der Waals surface area contributed by atoms with E-state index in [1.165, 1.54) is 29.4 Å². The number of nitrogens with one attached hydrogen (secondary N) is 3. The second-order valence-electron chi connectivity index (χ2n) is 7.58. The molecule has 1 aromatic rings. The van der Waals surface area contributed by atoms with E-state index < -0.39 is 11.7 Å². The lowest BCUT2D eigenvalue weighted by molar-refractivity contribution is -0.892. The molecule has 5 nitrogen and oxygen atoms in total. The highest BCUT2D eigenvalue weighted by atomic mass is 19.4. The number of aromatic amines is 1. The van der Waals surface area contributed by atoms with Crippen LogP contribution in [0.2, 0.25) is 0 Å². The van der Waals surface area contributed by atoms with Crippen LogP contribution in [-0.4, -0.2) is 45.2 Å². The number of rotatable bonds is 6. The third-order valence-electron chi connectivity index (χ3n) is 5.50. The van der Waals surface area contributed by atoms with Gasteiger partial charge in [0.25, 0.3) is 11.7 Å². The predicted molar refractivity (Wildman–Crippen MR) is 100.0 cm³/mol. The molecule has 8 heteroatoms. The van der Waals surface area contributed by atoms with Crippen molar-refractivity contribution in [3.05, 3.63) is 35.5 Å². The summed E-state index contributed by atoms with van der Waals surface area (Å²) in [5.74, 6) is 0.748. The molecule has 1 fully saturated rings. The van der Waals surface area contributed by atoms with Crippen LogP contribution < -0.4 is 20.1 Å². The van der Waals surface area contributed by atoms with Crippen LogP contribution in [0.3, 0.4) is 0 Å². The highest BCUT2D eigenvalue weighted by molar-refractivity contribution is 5.76. The second-order valence-corrected chi connectivity index (χ2v) is 7.58. The molecule has 0 saturated carbocycles. The highest BCUT2D eigenvalue weighted by Crippen LogP contribution is 2.28. The van der Waals surface area contributed by atoms with Gasteiger partial charge in [0.1, 0.15) is 32.4 Å². The molecular formula is C20H29F3N4O+2. The van der Waals surface area contributed by atoms with E-state index in [1.54, 1.807) is 0 Å². The lowest BCUT2D eigenvalue weighted by Crippen LogP contribution is -3.16. The minimum Gasteiger partial charge on any atom is -0.351 e. The molecule has 3 N–H and O–H groups in total. The summed E-state index contributed by atoms with van der Waals surface area (Å²) in [5.41, 5.74) is 0.779. The van der Waals surface area contributed by atoms with Crippen LogP contribution in [0.5, 0.6) is 0 Å². The average Bonchev–Trinajstić information content (AvgIpc) is 2.69. The van der Waals surface area contributed by atoms with Crippen LogP contribution >= 0.6 is 0 Å². The van der Waals surface area contributed by atoms with Crippen LogP contribution in [0, 0.1) is 0 Å². The fourth-order valence-corrected chi connectivity index (χ4v) is 3.81. The second kappa shape index (κ2) is 9.41. The van der Waals surface area contributed by atoms with Gasteiger partial charge < -0.3 is 10.2 Å². The number of carbonyl (C=O) groups excluding carboxylic acids is 1. The summed E-state index contributed by atoms with van der Waals surface area (Å²) in [6, 6.07) is 2.57. The number of halogens is 3. The zero-order valence-corrected chi connectivity index (χ0v) is 16.1. The summed E-state index contributed by atoms with van der Waals surface area (Å²) >= 11 is 0. The predicted octanol–water partition coefficient (Wildman–Crippen LogP) is 1.23. The SMILES string of the molecule is O=C(C[NH+]1CCN(c2ccc(C(F)(F)F)c[nH+]2)CC1)NCCC1=CCCCC1. The number of amides is 1. The van der Waals surface area contributed by atoms with E-state index in [0.717, 1.165) is 44.6 Å². The molecule has 28 heavy (non-hydrogen) atoms. The highest BCUT2D eigenvalue weighted by Gasteiger charge is 2.33. The van der Waals surface area contributed by atoms with E-state index in [2.05, 4.69) is 16.4 Å². The number of carbonyl (C=O) groups is 1. The van der Waals surface area contributed by atoms with Gasteiger partial charge in [-0.25, -0.2) is 4.98 Å². The number of anilines is 1. The standard InChI is InChI=1S/C20H27F3N4O/c21-20(22,23)17-6-7-18(25-14-17)27-12-10-26(11-13-27)15-19(28)24-9-8-16-4-2-1-3-5-16/h4,6-7,14H,1-3,5,8-13,15H2,(H,24,28)/p+2. The Labute approximate surface area is 163 Å². The summed E-state index contributed by atoms with van der Waals surface area (Å²) in [6.07, 6.45) is 4.76. The Morgan fingerprint density at radius 2 is 2.00 bits per heavy atom. The molecule has 1 aliphatic carbocycles. The summed E-state index contributed by atoms with van der Waals surface area (Å²) in [6.45, 7) is 4.13. The molecule has 3 rings (SSSR count). The lowest BCUT2D eigenvalue weighted by atomic mass is 9.97. The molecule has 2 heterocycles. The van der Waals surface area contributed by atoms with Gasteiger partial charge >= 0.3 is 6.18 Å². The monoisotopic (exact) mass is 398 g/mol. The molecular weight excluding hydrogens is 369 g/mol. The minimum atomic E-state index is -4.33. The first-order chi connectivity index (χ1) is 13.4. The first-order valence-corrected chi connectivity index (χ1v) is 10.0. The van der Waals surface area contributed by atoms with Crippen LogP contribution in [0.25, 0.3) is 0 Å². The number of quaternary nitrogens is 1. The summed E-state index contributed by atoms with van der Waals surface area (Å²) < 4.78 is 38.0. The normalized spacial score (nSPS) is 18.7. The fraction of sp³-hybridized carbons (Fsp3) is 0.600. The summed E-state index contributed by atoms with van der Waals surface area (Å²) in [4.78, 5) is 18.1. The van der Waals surface area contributed by atoms with Crippen molar-refractivity contribution in [1.82, 2.24) is 5.32 Å². The van der Waals surface area contributed by atoms with Gasteiger partial charge in [-0.15, -0.1) is 0 Å². The van der Waals surface area contributed by atoms with Gasteiger partial charge in [-0.3, -0.25) is 9.69 Å². The average molecular weight is 398 g/mol. The molecule has 1 aromatic heterocycles. The third-order valence-corrected chi connectivity index (χ3v) is 5.50. The van der Waals surface area contributed by atoms with Gasteiger partial charge in [0.2, 0.25) is 0 Å². The first-order valence-electron chi connectivity index (χ1n) is 10.0. The first kappa shape index (κ1) is 20.6. The Morgan fingerprint density at radius 3 is 2.61 bits per heavy atom. The Hall–Kier alpha value is -2.09. The van der Waals surface area contributed by atoms with Crippen LogP contribution in [0.1, 0.15) is 37.7 Å². The number of aromatic nitrogens is 1. The molecule has 154 valence electrons. The van der Waals surface area contributed by atoms with Crippen LogP contribution in [0.15, 0.2) is 30.0 Å². The quantitative estimate of drug-likeness (QED) is 0.709. The summed E-state index contributed by atoms with van der Waals surface area (Å²) in [7, 11) is 0. The molecule has 0 bridgehead atoms. The Balaban J connectivity index is 1.37. The van der Waals surface area contributed by atoms with Gasteiger partial charge in [-0.05, 0) is 38.2 Å². The molecule has 0 spiro atoms. The fourth-order valence-electron chi connectivity index (χ4n) is 3.81. The number of hydrogen-bond acceptors (Lipinski definition) is 2. The molecule has 0 aromatic carbocycles. The number of allylic oxidation sites excluding steroid dienone is 1. The van der Waals surface area contributed by atoms with Crippen molar-refractivity contribution < 1.29 is 27.8 Å². The van der Waals surface area contributed by atoms with E-state index >= 15 is 0 Å².